The van der Waals surface area contributed by atoms with Gasteiger partial charge in [-0.05, 0) is 43.5 Å². The van der Waals surface area contributed by atoms with Crippen LogP contribution in [0.5, 0.6) is 0 Å². The highest BCUT2D eigenvalue weighted by atomic mass is 32.1. The Morgan fingerprint density at radius 2 is 2.00 bits per heavy atom. The molecule has 1 saturated carbocycles. The van der Waals surface area contributed by atoms with Crippen molar-refractivity contribution in [3.05, 3.63) is 59.3 Å². The molecule has 3 N–H and O–H groups in total. The number of amides is 1. The highest BCUT2D eigenvalue weighted by Crippen LogP contribution is 2.33. The Labute approximate surface area is 232 Å². The predicted molar refractivity (Wildman–Crippen MR) is 152 cm³/mol. The van der Waals surface area contributed by atoms with Crippen LogP contribution in [-0.4, -0.2) is 73.0 Å². The number of halogens is 1. The molecule has 2 heterocycles. The van der Waals surface area contributed by atoms with Crippen molar-refractivity contribution in [1.82, 2.24) is 31.0 Å². The second kappa shape index (κ2) is 12.3. The van der Waals surface area contributed by atoms with E-state index in [9.17, 15) is 14.4 Å². The number of likely N-dealkylation sites (N-methyl/N-ethyl adjacent to an activating group) is 1. The number of anilines is 1. The maximum atomic E-state index is 13.4. The molecular weight excluding hydrogens is 517 g/mol. The van der Waals surface area contributed by atoms with Crippen LogP contribution in [0.3, 0.4) is 0 Å². The molecule has 39 heavy (non-hydrogen) atoms. The molecule has 1 amide bonds. The van der Waals surface area contributed by atoms with E-state index in [4.69, 9.17) is 4.98 Å². The molecule has 4 rings (SSSR count). The van der Waals surface area contributed by atoms with Crippen LogP contribution in [0.15, 0.2) is 53.6 Å². The summed E-state index contributed by atoms with van der Waals surface area (Å²) in [6, 6.07) is 9.04. The van der Waals surface area contributed by atoms with Gasteiger partial charge in [-0.2, -0.15) is 5.26 Å². The Kier molecular flexibility index (Phi) is 8.83. The molecule has 2 aromatic rings. The maximum Gasteiger partial charge on any atom is 0.291 e. The number of nitrogens with zero attached hydrogens (tertiary/aromatic N) is 6. The molecule has 0 unspecified atom stereocenters. The smallest absolute Gasteiger partial charge is 0.291 e. The molecule has 0 spiro atoms. The Bertz CT molecular complexity index is 1300. The van der Waals surface area contributed by atoms with Crippen LogP contribution in [-0.2, 0) is 4.79 Å². The molecule has 206 valence electrons. The van der Waals surface area contributed by atoms with Crippen molar-refractivity contribution in [3.8, 4) is 17.3 Å². The number of amidine groups is 1. The molecule has 2 fully saturated rings. The van der Waals surface area contributed by atoms with Crippen LogP contribution in [0.1, 0.15) is 31.1 Å². The summed E-state index contributed by atoms with van der Waals surface area (Å²) in [7, 11) is 5.38. The number of allylic oxidation sites excluding steroid dienone is 1. The largest absolute Gasteiger partial charge is 0.373 e. The second-order valence-corrected chi connectivity index (χ2v) is 10.4. The number of hydrogen-bond donors (Lipinski definition) is 3. The van der Waals surface area contributed by atoms with Gasteiger partial charge in [-0.15, -0.1) is 0 Å². The van der Waals surface area contributed by atoms with Crippen LogP contribution < -0.4 is 21.0 Å². The summed E-state index contributed by atoms with van der Waals surface area (Å²) >= 11 is 1.24. The zero-order valence-corrected chi connectivity index (χ0v) is 23.5. The molecular formula is C27H34FN9OS. The fraction of sp³-hybridized carbons (Fsp3) is 0.407. The van der Waals surface area contributed by atoms with Crippen molar-refractivity contribution in [2.45, 2.75) is 38.3 Å². The molecule has 1 aromatic carbocycles. The van der Waals surface area contributed by atoms with E-state index < -0.39 is 0 Å². The summed E-state index contributed by atoms with van der Waals surface area (Å²) in [6.07, 6.45) is 4.38. The molecule has 0 bridgehead atoms. The normalized spacial score (nSPS) is 16.1. The minimum atomic E-state index is -0.352. The number of benzene rings is 1. The lowest BCUT2D eigenvalue weighted by Crippen LogP contribution is -2.63. The van der Waals surface area contributed by atoms with Crippen molar-refractivity contribution in [1.29, 1.82) is 5.26 Å². The molecule has 1 aliphatic carbocycles. The van der Waals surface area contributed by atoms with Gasteiger partial charge in [-0.25, -0.2) is 14.4 Å². The van der Waals surface area contributed by atoms with Crippen LogP contribution in [0.2, 0.25) is 0 Å². The molecule has 1 saturated heterocycles. The van der Waals surface area contributed by atoms with Gasteiger partial charge in [0.15, 0.2) is 5.13 Å². The van der Waals surface area contributed by atoms with E-state index in [0.717, 1.165) is 5.70 Å². The highest BCUT2D eigenvalue weighted by Gasteiger charge is 2.37. The number of aromatic nitrogens is 1. The molecule has 10 nitrogen and oxygen atoms in total. The number of rotatable bonds is 10. The number of likely N-dealkylation sites (tertiary alicyclic amines) is 1. The number of carbonyl (C=O) groups is 1. The van der Waals surface area contributed by atoms with Crippen LogP contribution in [0, 0.1) is 17.1 Å². The first-order valence-electron chi connectivity index (χ1n) is 12.8. The van der Waals surface area contributed by atoms with E-state index in [1.54, 1.807) is 36.1 Å². The first-order chi connectivity index (χ1) is 18.8. The number of hydrogen-bond acceptors (Lipinski definition) is 9. The summed E-state index contributed by atoms with van der Waals surface area (Å²) in [5, 5.41) is 18.7. The number of hydrazine groups is 1. The van der Waals surface area contributed by atoms with Crippen molar-refractivity contribution in [2.24, 2.45) is 4.99 Å². The SMILES string of the molecule is C=C/N=C(/C(=O)N1CC(NC2CC2)C1)N(C)N/C(CC)=C(\NC)N(C)c1nc(-c2ccc(F)cc2)c(C#N)s1. The Hall–Kier alpha value is -3.95. The summed E-state index contributed by atoms with van der Waals surface area (Å²) in [4.78, 5) is 26.2. The lowest BCUT2D eigenvalue weighted by atomic mass is 10.1. The molecule has 0 atom stereocenters. The Morgan fingerprint density at radius 3 is 2.56 bits per heavy atom. The van der Waals surface area contributed by atoms with Crippen LogP contribution >= 0.6 is 11.3 Å². The van der Waals surface area contributed by atoms with Crippen molar-refractivity contribution in [2.75, 3.05) is 39.1 Å². The number of nitrogens with one attached hydrogen (secondary N) is 3. The summed E-state index contributed by atoms with van der Waals surface area (Å²) < 4.78 is 13.4. The van der Waals surface area contributed by atoms with Gasteiger partial charge < -0.3 is 20.4 Å². The average molecular weight is 552 g/mol. The van der Waals surface area contributed by atoms with Gasteiger partial charge in [-0.3, -0.25) is 15.2 Å². The Morgan fingerprint density at radius 1 is 1.31 bits per heavy atom. The molecule has 1 aliphatic heterocycles. The summed E-state index contributed by atoms with van der Waals surface area (Å²) in [6.45, 7) is 6.99. The number of thiazole rings is 1. The van der Waals surface area contributed by atoms with E-state index in [0.29, 0.717) is 58.7 Å². The fourth-order valence-corrected chi connectivity index (χ4v) is 5.20. The zero-order chi connectivity index (χ0) is 28.1. The topological polar surface area (TPSA) is 112 Å². The minimum absolute atomic E-state index is 0.170. The van der Waals surface area contributed by atoms with E-state index >= 15 is 0 Å². The first kappa shape index (κ1) is 28.1. The second-order valence-electron chi connectivity index (χ2n) is 9.44. The van der Waals surface area contributed by atoms with E-state index in [2.05, 4.69) is 33.7 Å². The standard InChI is InChI=1S/C27H34FN9OS/c1-6-21(34-36(5)25(31-7-2)26(38)37-15-20(16-37)32-19-12-13-19)24(30-3)35(4)27-33-23(22(14-29)39-27)17-8-10-18(28)11-9-17/h7-11,19-20,30,32,34H,2,6,12-13,15-16H2,1,3-5H3/b24-21+,31-25-. The predicted octanol–water partition coefficient (Wildman–Crippen LogP) is 3.00. The van der Waals surface area contributed by atoms with Gasteiger partial charge >= 0.3 is 0 Å². The zero-order valence-electron chi connectivity index (χ0n) is 22.7. The molecule has 2 aliphatic rings. The summed E-state index contributed by atoms with van der Waals surface area (Å²) in [5.41, 5.74) is 5.24. The third-order valence-electron chi connectivity index (χ3n) is 6.58. The van der Waals surface area contributed by atoms with Gasteiger partial charge in [0.25, 0.3) is 5.91 Å². The van der Waals surface area contributed by atoms with Crippen LogP contribution in [0.25, 0.3) is 11.3 Å². The van der Waals surface area contributed by atoms with Crippen molar-refractivity contribution >= 4 is 28.2 Å². The third kappa shape index (κ3) is 6.38. The van der Waals surface area contributed by atoms with Gasteiger partial charge in [0.2, 0.25) is 5.84 Å². The van der Waals surface area contributed by atoms with E-state index in [1.165, 1.54) is 42.5 Å². The molecule has 12 heteroatoms. The number of nitriles is 1. The summed E-state index contributed by atoms with van der Waals surface area (Å²) in [5.74, 6) is 0.417. The minimum Gasteiger partial charge on any atom is -0.373 e. The highest BCUT2D eigenvalue weighted by molar-refractivity contribution is 7.16. The number of aliphatic imine (C=N–C) groups is 1. The van der Waals surface area contributed by atoms with Crippen LogP contribution in [0.4, 0.5) is 9.52 Å². The lowest BCUT2D eigenvalue weighted by molar-refractivity contribution is -0.129. The lowest BCUT2D eigenvalue weighted by Gasteiger charge is -2.41. The van der Waals surface area contributed by atoms with Crippen molar-refractivity contribution in [3.63, 3.8) is 0 Å². The van der Waals surface area contributed by atoms with E-state index in [1.807, 2.05) is 18.9 Å². The molecule has 1 aromatic heterocycles. The quantitative estimate of drug-likeness (QED) is 0.235. The fourth-order valence-electron chi connectivity index (χ4n) is 4.35. The maximum absolute atomic E-state index is 13.4. The van der Waals surface area contributed by atoms with Crippen molar-refractivity contribution < 1.29 is 9.18 Å². The van der Waals surface area contributed by atoms with Gasteiger partial charge in [0.05, 0.1) is 5.70 Å². The Balaban J connectivity index is 1.53. The number of carbonyl (C=O) groups excluding carboxylic acids is 1. The van der Waals surface area contributed by atoms with E-state index in [-0.39, 0.29) is 17.6 Å². The van der Waals surface area contributed by atoms with Gasteiger partial charge in [0.1, 0.15) is 28.3 Å². The third-order valence-corrected chi connectivity index (χ3v) is 7.61. The van der Waals surface area contributed by atoms with Gasteiger partial charge in [0, 0.05) is 58.1 Å². The monoisotopic (exact) mass is 551 g/mol. The molecule has 0 radical (unpaired) electrons. The van der Waals surface area contributed by atoms with Gasteiger partial charge in [-0.1, -0.05) is 24.8 Å². The first-order valence-corrected chi connectivity index (χ1v) is 13.7. The average Bonchev–Trinajstić information content (AvgIpc) is 3.63.